The van der Waals surface area contributed by atoms with Crippen LogP contribution in [0.15, 0.2) is 18.2 Å². The largest absolute Gasteiger partial charge is 0.357 e. The van der Waals surface area contributed by atoms with Crippen LogP contribution in [0.1, 0.15) is 31.0 Å². The average Bonchev–Trinajstić information content (AvgIpc) is 2.62. The number of aryl methyl sites for hydroxylation is 1. The first-order valence-electron chi connectivity index (χ1n) is 5.21. The fourth-order valence-corrected chi connectivity index (χ4v) is 2.07. The minimum atomic E-state index is -2.47. The van der Waals surface area contributed by atoms with E-state index in [4.69, 9.17) is 11.6 Å². The molecule has 0 spiro atoms. The summed E-state index contributed by atoms with van der Waals surface area (Å²) in [6.07, 6.45) is -0.660. The first-order chi connectivity index (χ1) is 7.63. The van der Waals surface area contributed by atoms with E-state index in [-0.39, 0.29) is 5.56 Å². The molecule has 0 bridgehead atoms. The molecule has 1 heterocycles. The molecule has 4 heteroatoms. The Balaban J connectivity index is 2.63. The second-order valence-electron chi connectivity index (χ2n) is 3.77. The fraction of sp³-hybridized carbons (Fsp3) is 0.333. The van der Waals surface area contributed by atoms with Crippen molar-refractivity contribution in [2.24, 2.45) is 0 Å². The molecule has 1 nitrogen and oxygen atoms in total. The van der Waals surface area contributed by atoms with Gasteiger partial charge in [0, 0.05) is 16.6 Å². The van der Waals surface area contributed by atoms with Crippen LogP contribution >= 0.6 is 11.6 Å². The third-order valence-corrected chi connectivity index (χ3v) is 2.90. The van der Waals surface area contributed by atoms with E-state index in [0.717, 1.165) is 18.5 Å². The minimum absolute atomic E-state index is 0.0398. The summed E-state index contributed by atoms with van der Waals surface area (Å²) < 4.78 is 25.5. The van der Waals surface area contributed by atoms with Crippen LogP contribution in [0.3, 0.4) is 0 Å². The molecule has 0 aliphatic carbocycles. The van der Waals surface area contributed by atoms with E-state index < -0.39 is 6.43 Å². The van der Waals surface area contributed by atoms with Crippen molar-refractivity contribution < 1.29 is 8.78 Å². The number of halogens is 3. The molecule has 0 aliphatic heterocycles. The standard InChI is InChI=1S/C12H12ClF2N/c1-2-3-7-6-9-8(12(14)15)4-5-10(13)11(9)16-7/h4-6,12,16H,2-3H2,1H3. The summed E-state index contributed by atoms with van der Waals surface area (Å²) in [6.45, 7) is 2.04. The number of aromatic nitrogens is 1. The Morgan fingerprint density at radius 2 is 2.12 bits per heavy atom. The number of fused-ring (bicyclic) bond motifs is 1. The van der Waals surface area contributed by atoms with Crippen molar-refractivity contribution >= 4 is 22.5 Å². The van der Waals surface area contributed by atoms with Gasteiger partial charge < -0.3 is 4.98 Å². The van der Waals surface area contributed by atoms with Crippen LogP contribution < -0.4 is 0 Å². The summed E-state index contributed by atoms with van der Waals surface area (Å²) >= 11 is 5.97. The lowest BCUT2D eigenvalue weighted by Gasteiger charge is -2.02. The van der Waals surface area contributed by atoms with Gasteiger partial charge in [-0.15, -0.1) is 0 Å². The number of nitrogens with one attached hydrogen (secondary N) is 1. The average molecular weight is 244 g/mol. The van der Waals surface area contributed by atoms with Crippen LogP contribution in [-0.4, -0.2) is 4.98 Å². The highest BCUT2D eigenvalue weighted by Gasteiger charge is 2.15. The number of aromatic amines is 1. The number of hydrogen-bond acceptors (Lipinski definition) is 0. The fourth-order valence-electron chi connectivity index (χ4n) is 1.86. The van der Waals surface area contributed by atoms with Crippen LogP contribution in [0.25, 0.3) is 10.9 Å². The Bertz CT molecular complexity index is 505. The molecule has 0 fully saturated rings. The minimum Gasteiger partial charge on any atom is -0.357 e. The van der Waals surface area contributed by atoms with Crippen molar-refractivity contribution in [3.05, 3.63) is 34.5 Å². The molecule has 0 radical (unpaired) electrons. The predicted octanol–water partition coefficient (Wildman–Crippen LogP) is 4.71. The van der Waals surface area contributed by atoms with Crippen LogP contribution in [0.2, 0.25) is 5.02 Å². The van der Waals surface area contributed by atoms with Crippen molar-refractivity contribution in [2.75, 3.05) is 0 Å². The van der Waals surface area contributed by atoms with Gasteiger partial charge in [-0.1, -0.05) is 31.0 Å². The Morgan fingerprint density at radius 1 is 1.38 bits per heavy atom. The highest BCUT2D eigenvalue weighted by atomic mass is 35.5. The lowest BCUT2D eigenvalue weighted by molar-refractivity contribution is 0.153. The van der Waals surface area contributed by atoms with E-state index in [1.165, 1.54) is 12.1 Å². The van der Waals surface area contributed by atoms with Gasteiger partial charge in [0.1, 0.15) is 0 Å². The summed E-state index contributed by atoms with van der Waals surface area (Å²) in [5.41, 5.74) is 1.61. The third kappa shape index (κ3) is 1.92. The highest BCUT2D eigenvalue weighted by molar-refractivity contribution is 6.35. The maximum absolute atomic E-state index is 12.8. The van der Waals surface area contributed by atoms with E-state index in [1.807, 2.05) is 6.92 Å². The quantitative estimate of drug-likeness (QED) is 0.804. The molecule has 1 aromatic heterocycles. The molecular formula is C12H12ClF2N. The Kier molecular flexibility index (Phi) is 3.15. The van der Waals surface area contributed by atoms with Crippen LogP contribution in [0.4, 0.5) is 8.78 Å². The normalized spacial score (nSPS) is 11.6. The zero-order chi connectivity index (χ0) is 11.7. The van der Waals surface area contributed by atoms with Crippen molar-refractivity contribution in [2.45, 2.75) is 26.2 Å². The molecule has 0 amide bonds. The number of hydrogen-bond donors (Lipinski definition) is 1. The number of alkyl halides is 2. The summed E-state index contributed by atoms with van der Waals surface area (Å²) in [5.74, 6) is 0. The van der Waals surface area contributed by atoms with Gasteiger partial charge in [0.15, 0.2) is 0 Å². The predicted molar refractivity (Wildman–Crippen MR) is 62.3 cm³/mol. The van der Waals surface area contributed by atoms with Gasteiger partial charge >= 0.3 is 0 Å². The molecule has 86 valence electrons. The van der Waals surface area contributed by atoms with Gasteiger partial charge in [0.05, 0.1) is 10.5 Å². The molecule has 2 aromatic rings. The molecule has 0 unspecified atom stereocenters. The first-order valence-corrected chi connectivity index (χ1v) is 5.59. The van der Waals surface area contributed by atoms with Crippen LogP contribution in [-0.2, 0) is 6.42 Å². The van der Waals surface area contributed by atoms with Gasteiger partial charge in [-0.3, -0.25) is 0 Å². The van der Waals surface area contributed by atoms with Gasteiger partial charge in [-0.05, 0) is 18.6 Å². The molecule has 0 aliphatic rings. The molecule has 2 rings (SSSR count). The first kappa shape index (κ1) is 11.4. The summed E-state index contributed by atoms with van der Waals surface area (Å²) in [6, 6.07) is 4.67. The molecule has 1 aromatic carbocycles. The molecular weight excluding hydrogens is 232 g/mol. The van der Waals surface area contributed by atoms with E-state index in [1.54, 1.807) is 6.07 Å². The number of benzene rings is 1. The van der Waals surface area contributed by atoms with Gasteiger partial charge in [0.2, 0.25) is 0 Å². The molecule has 1 N–H and O–H groups in total. The number of H-pyrrole nitrogens is 1. The summed E-state index contributed by atoms with van der Waals surface area (Å²) in [5, 5.41) is 1.02. The Hall–Kier alpha value is -1.09. The lowest BCUT2D eigenvalue weighted by atomic mass is 10.1. The van der Waals surface area contributed by atoms with Gasteiger partial charge in [-0.2, -0.15) is 0 Å². The maximum atomic E-state index is 12.8. The Morgan fingerprint density at radius 3 is 2.75 bits per heavy atom. The highest BCUT2D eigenvalue weighted by Crippen LogP contribution is 2.32. The SMILES string of the molecule is CCCc1cc2c(C(F)F)ccc(Cl)c2[nH]1. The molecule has 0 atom stereocenters. The van der Waals surface area contributed by atoms with E-state index in [2.05, 4.69) is 4.98 Å². The number of rotatable bonds is 3. The smallest absolute Gasteiger partial charge is 0.264 e. The second kappa shape index (κ2) is 4.42. The summed E-state index contributed by atoms with van der Waals surface area (Å²) in [4.78, 5) is 3.09. The second-order valence-corrected chi connectivity index (χ2v) is 4.18. The monoisotopic (exact) mass is 243 g/mol. The zero-order valence-corrected chi connectivity index (χ0v) is 9.61. The van der Waals surface area contributed by atoms with Crippen LogP contribution in [0.5, 0.6) is 0 Å². The van der Waals surface area contributed by atoms with Crippen molar-refractivity contribution in [1.82, 2.24) is 4.98 Å². The van der Waals surface area contributed by atoms with Crippen molar-refractivity contribution in [1.29, 1.82) is 0 Å². The lowest BCUT2D eigenvalue weighted by Crippen LogP contribution is -1.84. The van der Waals surface area contributed by atoms with Crippen molar-refractivity contribution in [3.8, 4) is 0 Å². The van der Waals surface area contributed by atoms with E-state index >= 15 is 0 Å². The van der Waals surface area contributed by atoms with E-state index in [0.29, 0.717) is 15.9 Å². The van der Waals surface area contributed by atoms with Gasteiger partial charge in [0.25, 0.3) is 6.43 Å². The van der Waals surface area contributed by atoms with Gasteiger partial charge in [-0.25, -0.2) is 8.78 Å². The zero-order valence-electron chi connectivity index (χ0n) is 8.86. The Labute approximate surface area is 97.4 Å². The molecule has 16 heavy (non-hydrogen) atoms. The summed E-state index contributed by atoms with van der Waals surface area (Å²) in [7, 11) is 0. The topological polar surface area (TPSA) is 15.8 Å². The van der Waals surface area contributed by atoms with Crippen molar-refractivity contribution in [3.63, 3.8) is 0 Å². The molecule has 0 saturated carbocycles. The van der Waals surface area contributed by atoms with Crippen LogP contribution in [0, 0.1) is 0 Å². The van der Waals surface area contributed by atoms with E-state index in [9.17, 15) is 8.78 Å². The third-order valence-electron chi connectivity index (χ3n) is 2.59. The maximum Gasteiger partial charge on any atom is 0.264 e. The molecule has 0 saturated heterocycles.